The van der Waals surface area contributed by atoms with Crippen molar-refractivity contribution < 1.29 is 38.1 Å². The zero-order chi connectivity index (χ0) is 35.7. The van der Waals surface area contributed by atoms with Gasteiger partial charge in [0, 0.05) is 12.8 Å². The van der Waals surface area contributed by atoms with Crippen molar-refractivity contribution in [2.24, 2.45) is 17.3 Å². The number of hydrogen-bond acceptors (Lipinski definition) is 8. The number of carbonyl (C=O) groups excluding carboxylic acids is 4. The van der Waals surface area contributed by atoms with E-state index in [9.17, 15) is 19.2 Å². The molecule has 0 spiro atoms. The second-order valence-electron chi connectivity index (χ2n) is 13.4. The smallest absolute Gasteiger partial charge is 0.326 e. The lowest BCUT2D eigenvalue weighted by Crippen LogP contribution is -2.48. The molecule has 1 N–H and O–H groups in total. The third-order valence-electron chi connectivity index (χ3n) is 8.85. The molecule has 264 valence electrons. The molecule has 2 rings (SSSR count). The number of alkyl halides is 1. The first-order valence-corrected chi connectivity index (χ1v) is 16.7. The maximum absolute atomic E-state index is 12.2. The molecule has 1 aliphatic rings. The van der Waals surface area contributed by atoms with E-state index in [2.05, 4.69) is 61.2 Å². The van der Waals surface area contributed by atoms with Crippen molar-refractivity contribution in [2.75, 3.05) is 26.9 Å². The molecule has 9 nitrogen and oxygen atoms in total. The molecule has 0 bridgehead atoms. The van der Waals surface area contributed by atoms with Crippen molar-refractivity contribution in [1.29, 1.82) is 0 Å². The van der Waals surface area contributed by atoms with Crippen molar-refractivity contribution >= 4 is 35.4 Å². The lowest BCUT2D eigenvalue weighted by Gasteiger charge is -2.39. The molecular weight excluding hydrogens is 610 g/mol. The Bertz CT molecular complexity index is 1070. The number of amides is 1. The predicted octanol–water partition coefficient (Wildman–Crippen LogP) is 7.02. The fourth-order valence-corrected chi connectivity index (χ4v) is 4.19. The number of hydrogen-bond donors (Lipinski definition) is 1. The summed E-state index contributed by atoms with van der Waals surface area (Å²) in [5.74, 6) is -0.882. The summed E-state index contributed by atoms with van der Waals surface area (Å²) in [6.45, 7) is 22.1. The highest BCUT2D eigenvalue weighted by atomic mass is 35.5. The summed E-state index contributed by atoms with van der Waals surface area (Å²) in [4.78, 5) is 45.2. The molecule has 5 unspecified atom stereocenters. The van der Waals surface area contributed by atoms with E-state index in [1.54, 1.807) is 6.92 Å². The van der Waals surface area contributed by atoms with Crippen LogP contribution in [0.3, 0.4) is 0 Å². The van der Waals surface area contributed by atoms with Gasteiger partial charge in [-0.1, -0.05) is 78.8 Å². The fourth-order valence-electron chi connectivity index (χ4n) is 4.11. The SMILES string of the molecule is CCC(C)(C)C(=O)OCCNC(=O)CC1OCC(C)C(C)C1OC(C)=O.CCC(C)(C)c1ccccc1.CCC(C)(Cl)C(=O)OC. The molecule has 1 aromatic carbocycles. The van der Waals surface area contributed by atoms with Crippen LogP contribution in [0.15, 0.2) is 30.3 Å². The van der Waals surface area contributed by atoms with E-state index < -0.39 is 22.5 Å². The Kier molecular flexibility index (Phi) is 19.4. The normalized spacial score (nSPS) is 20.7. The fraction of sp³-hybridized carbons (Fsp3) is 0.722. The molecule has 10 heteroatoms. The van der Waals surface area contributed by atoms with Gasteiger partial charge in [0.1, 0.15) is 23.7 Å². The van der Waals surface area contributed by atoms with Gasteiger partial charge >= 0.3 is 17.9 Å². The summed E-state index contributed by atoms with van der Waals surface area (Å²) in [5, 5.41) is 2.72. The largest absolute Gasteiger partial charge is 0.468 e. The van der Waals surface area contributed by atoms with Crippen molar-refractivity contribution in [2.45, 2.75) is 124 Å². The van der Waals surface area contributed by atoms with Gasteiger partial charge in [-0.05, 0) is 56.9 Å². The first kappa shape index (κ1) is 43.4. The molecule has 1 heterocycles. The summed E-state index contributed by atoms with van der Waals surface area (Å²) in [7, 11) is 1.33. The molecule has 1 amide bonds. The van der Waals surface area contributed by atoms with Crippen LogP contribution in [0.2, 0.25) is 0 Å². The van der Waals surface area contributed by atoms with Crippen LogP contribution in [0.4, 0.5) is 0 Å². The summed E-state index contributed by atoms with van der Waals surface area (Å²) < 4.78 is 20.7. The number of ether oxygens (including phenoxy) is 4. The Morgan fingerprint density at radius 2 is 1.52 bits per heavy atom. The second-order valence-corrected chi connectivity index (χ2v) is 14.2. The van der Waals surface area contributed by atoms with E-state index in [-0.39, 0.29) is 55.2 Å². The highest BCUT2D eigenvalue weighted by molar-refractivity contribution is 6.33. The first-order valence-electron chi connectivity index (χ1n) is 16.3. The zero-order valence-corrected chi connectivity index (χ0v) is 31.0. The van der Waals surface area contributed by atoms with Gasteiger partial charge in [-0.2, -0.15) is 0 Å². The van der Waals surface area contributed by atoms with Crippen LogP contribution in [-0.2, 0) is 43.5 Å². The molecule has 5 atom stereocenters. The van der Waals surface area contributed by atoms with Crippen molar-refractivity contribution in [3.63, 3.8) is 0 Å². The minimum absolute atomic E-state index is 0.101. The average Bonchev–Trinajstić information content (AvgIpc) is 3.03. The van der Waals surface area contributed by atoms with Crippen molar-refractivity contribution in [1.82, 2.24) is 5.32 Å². The van der Waals surface area contributed by atoms with E-state index in [0.717, 1.165) is 0 Å². The van der Waals surface area contributed by atoms with Crippen molar-refractivity contribution in [3.05, 3.63) is 35.9 Å². The van der Waals surface area contributed by atoms with Crippen LogP contribution in [-0.4, -0.2) is 67.8 Å². The number of esters is 3. The minimum Gasteiger partial charge on any atom is -0.468 e. The predicted molar refractivity (Wildman–Crippen MR) is 183 cm³/mol. The van der Waals surface area contributed by atoms with Gasteiger partial charge < -0.3 is 24.3 Å². The van der Waals surface area contributed by atoms with Crippen LogP contribution in [0.1, 0.15) is 107 Å². The monoisotopic (exact) mass is 669 g/mol. The average molecular weight is 670 g/mol. The van der Waals surface area contributed by atoms with Gasteiger partial charge in [0.2, 0.25) is 5.91 Å². The Labute approximate surface area is 282 Å². The molecule has 46 heavy (non-hydrogen) atoms. The van der Waals surface area contributed by atoms with Gasteiger partial charge in [-0.3, -0.25) is 19.2 Å². The number of carbonyl (C=O) groups is 4. The Balaban J connectivity index is 0.000000824. The number of rotatable bonds is 12. The molecule has 0 radical (unpaired) electrons. The van der Waals surface area contributed by atoms with Crippen molar-refractivity contribution in [3.8, 4) is 0 Å². The molecule has 0 aromatic heterocycles. The van der Waals surface area contributed by atoms with E-state index >= 15 is 0 Å². The quantitative estimate of drug-likeness (QED) is 0.109. The summed E-state index contributed by atoms with van der Waals surface area (Å²) >= 11 is 5.70. The maximum Gasteiger partial charge on any atom is 0.326 e. The van der Waals surface area contributed by atoms with E-state index in [1.807, 2.05) is 41.5 Å². The van der Waals surface area contributed by atoms with Gasteiger partial charge in [0.25, 0.3) is 0 Å². The summed E-state index contributed by atoms with van der Waals surface area (Å²) in [5.41, 5.74) is 1.24. The Hall–Kier alpha value is -2.65. The van der Waals surface area contributed by atoms with E-state index in [0.29, 0.717) is 24.9 Å². The highest BCUT2D eigenvalue weighted by Gasteiger charge is 2.39. The lowest BCUT2D eigenvalue weighted by atomic mass is 9.82. The molecule has 0 saturated carbocycles. The first-order chi connectivity index (χ1) is 21.3. The number of halogens is 1. The second kappa shape index (κ2) is 20.6. The van der Waals surface area contributed by atoms with Crippen LogP contribution >= 0.6 is 11.6 Å². The lowest BCUT2D eigenvalue weighted by molar-refractivity contribution is -0.178. The van der Waals surface area contributed by atoms with Gasteiger partial charge in [0.15, 0.2) is 0 Å². The Morgan fingerprint density at radius 1 is 0.935 bits per heavy atom. The summed E-state index contributed by atoms with van der Waals surface area (Å²) in [6, 6.07) is 10.7. The number of nitrogens with one attached hydrogen (secondary N) is 1. The van der Waals surface area contributed by atoms with Crippen LogP contribution < -0.4 is 5.32 Å². The van der Waals surface area contributed by atoms with Gasteiger partial charge in [-0.15, -0.1) is 11.6 Å². The van der Waals surface area contributed by atoms with Crippen LogP contribution in [0.25, 0.3) is 0 Å². The van der Waals surface area contributed by atoms with Gasteiger partial charge in [0.05, 0.1) is 32.1 Å². The van der Waals surface area contributed by atoms with E-state index in [4.69, 9.17) is 25.8 Å². The molecular formula is C36H60ClNO8. The molecule has 1 fully saturated rings. The summed E-state index contributed by atoms with van der Waals surface area (Å²) in [6.07, 6.45) is 1.66. The maximum atomic E-state index is 12.2. The van der Waals surface area contributed by atoms with E-state index in [1.165, 1.54) is 26.0 Å². The molecule has 1 aliphatic heterocycles. The third kappa shape index (κ3) is 15.3. The topological polar surface area (TPSA) is 117 Å². The van der Waals surface area contributed by atoms with Gasteiger partial charge in [-0.25, -0.2) is 0 Å². The standard InChI is InChI=1S/C19H33NO6.C11H16.C6H11ClO2/c1-7-19(5,6)18(23)24-9-8-20-16(22)10-15-17(26-14(4)21)13(3)12(2)11-25-15;1-4-11(2,3)10-8-6-5-7-9-10;1-4-6(2,7)5(8)9-3/h12-13,15,17H,7-11H2,1-6H3,(H,20,22);5-9H,4H2,1-3H3;4H2,1-3H3. The number of benzene rings is 1. The van der Waals surface area contributed by atoms with Crippen LogP contribution in [0, 0.1) is 17.3 Å². The molecule has 0 aliphatic carbocycles. The van der Waals surface area contributed by atoms with Crippen LogP contribution in [0.5, 0.6) is 0 Å². The third-order valence-corrected chi connectivity index (χ3v) is 9.27. The zero-order valence-electron chi connectivity index (χ0n) is 30.3. The molecule has 1 aromatic rings. The molecule has 1 saturated heterocycles. The highest BCUT2D eigenvalue weighted by Crippen LogP contribution is 2.30. The Morgan fingerprint density at radius 3 is 1.98 bits per heavy atom. The number of methoxy groups -OCH3 is 1. The minimum atomic E-state index is -0.839.